The number of thioether (sulfide) groups is 1. The number of anilines is 1. The van der Waals surface area contributed by atoms with Gasteiger partial charge in [-0.3, -0.25) is 14.4 Å². The number of carboxylic acids is 1. The van der Waals surface area contributed by atoms with E-state index in [1.54, 1.807) is 13.0 Å². The fourth-order valence-corrected chi connectivity index (χ4v) is 3.52. The van der Waals surface area contributed by atoms with Gasteiger partial charge in [-0.2, -0.15) is 0 Å². The highest BCUT2D eigenvalue weighted by Gasteiger charge is 2.25. The maximum absolute atomic E-state index is 12.3. The monoisotopic (exact) mass is 364 g/mol. The summed E-state index contributed by atoms with van der Waals surface area (Å²) in [6.45, 7) is 1.68. The number of hydrogen-bond donors (Lipinski definition) is 3. The summed E-state index contributed by atoms with van der Waals surface area (Å²) >= 11 is 1.30. The standard InChI is InChI=1S/C18H24N2O4S/c1-12(19-18(24)14-6-2-3-7-14)17(23)20-15-8-4-5-13(9-15)10-25-11-16(21)22/h4-5,8-9,12,14H,2-3,6-7,10-11H2,1H3,(H,19,24)(H,20,23)(H,21,22). The van der Waals surface area contributed by atoms with Crippen LogP contribution in [-0.2, 0) is 20.1 Å². The molecule has 0 radical (unpaired) electrons. The average molecular weight is 364 g/mol. The first-order valence-electron chi connectivity index (χ1n) is 8.45. The van der Waals surface area contributed by atoms with E-state index in [2.05, 4.69) is 10.6 Å². The van der Waals surface area contributed by atoms with Gasteiger partial charge in [-0.1, -0.05) is 25.0 Å². The van der Waals surface area contributed by atoms with Crippen LogP contribution in [-0.4, -0.2) is 34.7 Å². The van der Waals surface area contributed by atoms with Crippen LogP contribution < -0.4 is 10.6 Å². The van der Waals surface area contributed by atoms with Gasteiger partial charge in [0.05, 0.1) is 5.75 Å². The zero-order chi connectivity index (χ0) is 18.2. The SMILES string of the molecule is CC(NC(=O)C1CCCC1)C(=O)Nc1cccc(CSCC(=O)O)c1. The first-order chi connectivity index (χ1) is 12.0. The van der Waals surface area contributed by atoms with Crippen molar-refractivity contribution < 1.29 is 19.5 Å². The number of carboxylic acid groups (broad SMARTS) is 1. The lowest BCUT2D eigenvalue weighted by atomic mass is 10.1. The van der Waals surface area contributed by atoms with Gasteiger partial charge in [0.15, 0.2) is 0 Å². The summed E-state index contributed by atoms with van der Waals surface area (Å²) in [7, 11) is 0. The minimum atomic E-state index is -0.846. The van der Waals surface area contributed by atoms with E-state index in [0.29, 0.717) is 11.4 Å². The molecule has 1 saturated carbocycles. The third-order valence-electron chi connectivity index (χ3n) is 4.17. The van der Waals surface area contributed by atoms with Crippen LogP contribution in [0.2, 0.25) is 0 Å². The van der Waals surface area contributed by atoms with E-state index >= 15 is 0 Å². The molecule has 1 fully saturated rings. The van der Waals surface area contributed by atoms with Crippen LogP contribution in [0.25, 0.3) is 0 Å². The number of carbonyl (C=O) groups is 3. The van der Waals surface area contributed by atoms with E-state index in [4.69, 9.17) is 5.11 Å². The van der Waals surface area contributed by atoms with Gasteiger partial charge < -0.3 is 15.7 Å². The molecule has 1 aliphatic carbocycles. The van der Waals surface area contributed by atoms with E-state index in [-0.39, 0.29) is 23.5 Å². The summed E-state index contributed by atoms with van der Waals surface area (Å²) in [4.78, 5) is 34.9. The molecule has 2 amide bonds. The molecule has 0 aliphatic heterocycles. The number of amides is 2. The molecule has 25 heavy (non-hydrogen) atoms. The minimum absolute atomic E-state index is 0.0323. The highest BCUT2D eigenvalue weighted by Crippen LogP contribution is 2.24. The Morgan fingerprint density at radius 2 is 2.00 bits per heavy atom. The van der Waals surface area contributed by atoms with Gasteiger partial charge in [-0.25, -0.2) is 0 Å². The first-order valence-corrected chi connectivity index (χ1v) is 9.61. The molecule has 1 aromatic carbocycles. The average Bonchev–Trinajstić information content (AvgIpc) is 3.09. The van der Waals surface area contributed by atoms with Crippen molar-refractivity contribution >= 4 is 35.2 Å². The normalized spacial score (nSPS) is 15.6. The van der Waals surface area contributed by atoms with Gasteiger partial charge in [0.2, 0.25) is 11.8 Å². The molecule has 1 aromatic rings. The Hall–Kier alpha value is -2.02. The fraction of sp³-hybridized carbons (Fsp3) is 0.500. The summed E-state index contributed by atoms with van der Waals surface area (Å²) in [5.41, 5.74) is 1.58. The van der Waals surface area contributed by atoms with Crippen LogP contribution in [0.15, 0.2) is 24.3 Å². The third-order valence-corrected chi connectivity index (χ3v) is 5.16. The smallest absolute Gasteiger partial charge is 0.313 e. The van der Waals surface area contributed by atoms with Crippen molar-refractivity contribution in [1.82, 2.24) is 5.32 Å². The summed E-state index contributed by atoms with van der Waals surface area (Å²) in [5, 5.41) is 14.2. The van der Waals surface area contributed by atoms with Crippen molar-refractivity contribution in [2.75, 3.05) is 11.1 Å². The second kappa shape index (κ2) is 9.46. The molecule has 0 bridgehead atoms. The second-order valence-corrected chi connectivity index (χ2v) is 7.27. The molecule has 2 rings (SSSR count). The predicted molar refractivity (Wildman–Crippen MR) is 98.4 cm³/mol. The number of rotatable bonds is 8. The molecule has 6 nitrogen and oxygen atoms in total. The fourth-order valence-electron chi connectivity index (χ4n) is 2.83. The van der Waals surface area contributed by atoms with Crippen LogP contribution in [0, 0.1) is 5.92 Å². The van der Waals surface area contributed by atoms with Crippen molar-refractivity contribution in [3.05, 3.63) is 29.8 Å². The van der Waals surface area contributed by atoms with Crippen molar-refractivity contribution in [3.8, 4) is 0 Å². The van der Waals surface area contributed by atoms with Gasteiger partial charge in [0.25, 0.3) is 0 Å². The van der Waals surface area contributed by atoms with Crippen molar-refractivity contribution in [1.29, 1.82) is 0 Å². The van der Waals surface area contributed by atoms with E-state index in [0.717, 1.165) is 31.2 Å². The lowest BCUT2D eigenvalue weighted by Crippen LogP contribution is -2.43. The minimum Gasteiger partial charge on any atom is -0.481 e. The molecular weight excluding hydrogens is 340 g/mol. The zero-order valence-electron chi connectivity index (χ0n) is 14.3. The Kier molecular flexibility index (Phi) is 7.31. The predicted octanol–water partition coefficient (Wildman–Crippen LogP) is 2.64. The number of hydrogen-bond acceptors (Lipinski definition) is 4. The largest absolute Gasteiger partial charge is 0.481 e. The summed E-state index contributed by atoms with van der Waals surface area (Å²) < 4.78 is 0. The molecule has 0 heterocycles. The first kappa shape index (κ1) is 19.3. The van der Waals surface area contributed by atoms with Gasteiger partial charge in [-0.05, 0) is 37.5 Å². The Labute approximate surface area is 151 Å². The van der Waals surface area contributed by atoms with Crippen LogP contribution in [0.5, 0.6) is 0 Å². The van der Waals surface area contributed by atoms with Crippen molar-refractivity contribution in [2.24, 2.45) is 5.92 Å². The molecule has 0 saturated heterocycles. The van der Waals surface area contributed by atoms with Crippen molar-refractivity contribution in [2.45, 2.75) is 44.4 Å². The van der Waals surface area contributed by atoms with Gasteiger partial charge >= 0.3 is 5.97 Å². The molecule has 3 N–H and O–H groups in total. The van der Waals surface area contributed by atoms with Crippen LogP contribution in [0.1, 0.15) is 38.2 Å². The van der Waals surface area contributed by atoms with Crippen LogP contribution in [0.4, 0.5) is 5.69 Å². The quantitative estimate of drug-likeness (QED) is 0.659. The zero-order valence-corrected chi connectivity index (χ0v) is 15.1. The number of benzene rings is 1. The topological polar surface area (TPSA) is 95.5 Å². The van der Waals surface area contributed by atoms with E-state index in [1.807, 2.05) is 18.2 Å². The third kappa shape index (κ3) is 6.42. The lowest BCUT2D eigenvalue weighted by molar-refractivity contribution is -0.134. The summed E-state index contributed by atoms with van der Waals surface area (Å²) in [6, 6.07) is 6.69. The Balaban J connectivity index is 1.84. The summed E-state index contributed by atoms with van der Waals surface area (Å²) in [6.07, 6.45) is 3.95. The molecule has 7 heteroatoms. The van der Waals surface area contributed by atoms with E-state index in [9.17, 15) is 14.4 Å². The molecule has 1 aliphatic rings. The maximum atomic E-state index is 12.3. The molecule has 136 valence electrons. The van der Waals surface area contributed by atoms with Gasteiger partial charge in [-0.15, -0.1) is 11.8 Å². The van der Waals surface area contributed by atoms with Crippen LogP contribution >= 0.6 is 11.8 Å². The van der Waals surface area contributed by atoms with E-state index < -0.39 is 12.0 Å². The lowest BCUT2D eigenvalue weighted by Gasteiger charge is -2.17. The van der Waals surface area contributed by atoms with Gasteiger partial charge in [0, 0.05) is 17.4 Å². The van der Waals surface area contributed by atoms with E-state index in [1.165, 1.54) is 11.8 Å². The van der Waals surface area contributed by atoms with Crippen molar-refractivity contribution in [3.63, 3.8) is 0 Å². The Morgan fingerprint density at radius 3 is 2.68 bits per heavy atom. The highest BCUT2D eigenvalue weighted by atomic mass is 32.2. The highest BCUT2D eigenvalue weighted by molar-refractivity contribution is 7.99. The summed E-state index contributed by atoms with van der Waals surface area (Å²) in [5.74, 6) is -0.517. The number of nitrogens with one attached hydrogen (secondary N) is 2. The Bertz CT molecular complexity index is 629. The number of aliphatic carboxylic acids is 1. The molecular formula is C18H24N2O4S. The molecule has 1 unspecified atom stereocenters. The van der Waals surface area contributed by atoms with Crippen LogP contribution in [0.3, 0.4) is 0 Å². The Morgan fingerprint density at radius 1 is 1.28 bits per heavy atom. The maximum Gasteiger partial charge on any atom is 0.313 e. The molecule has 0 aromatic heterocycles. The molecule has 0 spiro atoms. The molecule has 1 atom stereocenters. The van der Waals surface area contributed by atoms with Gasteiger partial charge in [0.1, 0.15) is 6.04 Å². The number of carbonyl (C=O) groups excluding carboxylic acids is 2. The second-order valence-electron chi connectivity index (χ2n) is 6.29.